The summed E-state index contributed by atoms with van der Waals surface area (Å²) in [5.74, 6) is -1.01. The number of carboxylic acid groups (broad SMARTS) is 1. The molecule has 0 unspecified atom stereocenters. The molecule has 1 rings (SSSR count). The highest BCUT2D eigenvalue weighted by molar-refractivity contribution is 7.91. The Bertz CT molecular complexity index is 576. The number of aromatic carboxylic acids is 1. The van der Waals surface area contributed by atoms with Crippen molar-refractivity contribution in [2.75, 3.05) is 5.75 Å². The minimum atomic E-state index is -3.41. The van der Waals surface area contributed by atoms with E-state index in [4.69, 9.17) is 5.11 Å². The number of benzene rings is 1. The fourth-order valence-corrected chi connectivity index (χ4v) is 4.00. The quantitative estimate of drug-likeness (QED) is 0.706. The molecule has 0 aliphatic carbocycles. The van der Waals surface area contributed by atoms with Crippen LogP contribution in [0.25, 0.3) is 0 Å². The molecule has 1 aromatic rings. The molecule has 5 heteroatoms. The van der Waals surface area contributed by atoms with Crippen LogP contribution in [0.2, 0.25) is 0 Å². The predicted molar refractivity (Wildman–Crippen MR) is 83.6 cm³/mol. The van der Waals surface area contributed by atoms with Gasteiger partial charge < -0.3 is 5.11 Å². The normalized spacial score (nSPS) is 11.5. The van der Waals surface area contributed by atoms with Crippen LogP contribution in [0.4, 0.5) is 0 Å². The molecule has 0 amide bonds. The number of rotatable bonds is 9. The van der Waals surface area contributed by atoms with Crippen LogP contribution in [0.1, 0.15) is 61.9 Å². The Balaban J connectivity index is 2.90. The number of hydrogen-bond acceptors (Lipinski definition) is 3. The lowest BCUT2D eigenvalue weighted by Gasteiger charge is -2.10. The molecule has 118 valence electrons. The second kappa shape index (κ2) is 8.17. The molecular formula is C16H24O4S. The van der Waals surface area contributed by atoms with Gasteiger partial charge in [0, 0.05) is 0 Å². The maximum Gasteiger partial charge on any atom is 0.335 e. The first kappa shape index (κ1) is 17.7. The van der Waals surface area contributed by atoms with Gasteiger partial charge in [-0.25, -0.2) is 13.2 Å². The van der Waals surface area contributed by atoms with E-state index >= 15 is 0 Å². The highest BCUT2D eigenvalue weighted by Gasteiger charge is 2.19. The van der Waals surface area contributed by atoms with E-state index in [1.807, 2.05) is 6.92 Å². The summed E-state index contributed by atoms with van der Waals surface area (Å²) in [6, 6.07) is 4.36. The van der Waals surface area contributed by atoms with Gasteiger partial charge in [0.15, 0.2) is 9.84 Å². The monoisotopic (exact) mass is 312 g/mol. The van der Waals surface area contributed by atoms with Crippen molar-refractivity contribution < 1.29 is 18.3 Å². The fraction of sp³-hybridized carbons (Fsp3) is 0.562. The van der Waals surface area contributed by atoms with E-state index < -0.39 is 15.8 Å². The molecule has 0 atom stereocenters. The molecule has 0 aliphatic rings. The molecule has 21 heavy (non-hydrogen) atoms. The average molecular weight is 312 g/mol. The maximum atomic E-state index is 12.4. The van der Waals surface area contributed by atoms with E-state index in [2.05, 4.69) is 6.92 Å². The lowest BCUT2D eigenvalue weighted by Crippen LogP contribution is -2.11. The summed E-state index contributed by atoms with van der Waals surface area (Å²) in [7, 11) is -3.41. The largest absolute Gasteiger partial charge is 0.478 e. The molecule has 0 aliphatic heterocycles. The van der Waals surface area contributed by atoms with Crippen LogP contribution in [0, 0.1) is 0 Å². The lowest BCUT2D eigenvalue weighted by atomic mass is 10.1. The van der Waals surface area contributed by atoms with E-state index in [9.17, 15) is 13.2 Å². The molecule has 1 N–H and O–H groups in total. The summed E-state index contributed by atoms with van der Waals surface area (Å²) in [6.07, 6.45) is 5.38. The van der Waals surface area contributed by atoms with Gasteiger partial charge in [0.25, 0.3) is 0 Å². The Morgan fingerprint density at radius 3 is 2.33 bits per heavy atom. The molecule has 0 heterocycles. The summed E-state index contributed by atoms with van der Waals surface area (Å²) in [5, 5.41) is 9.02. The Morgan fingerprint density at radius 1 is 1.10 bits per heavy atom. The van der Waals surface area contributed by atoms with Crippen LogP contribution in [0.5, 0.6) is 0 Å². The maximum absolute atomic E-state index is 12.4. The second-order valence-corrected chi connectivity index (χ2v) is 7.29. The van der Waals surface area contributed by atoms with Gasteiger partial charge in [0.05, 0.1) is 16.2 Å². The van der Waals surface area contributed by atoms with E-state index in [0.717, 1.165) is 25.7 Å². The third-order valence-corrected chi connectivity index (χ3v) is 5.42. The van der Waals surface area contributed by atoms with Crippen molar-refractivity contribution in [3.8, 4) is 0 Å². The Labute approximate surface area is 127 Å². The molecule has 0 bridgehead atoms. The number of unbranched alkanes of at least 4 members (excludes halogenated alkanes) is 4. The number of carboxylic acids is 1. The van der Waals surface area contributed by atoms with Crippen LogP contribution in [0.3, 0.4) is 0 Å². The van der Waals surface area contributed by atoms with Crippen LogP contribution in [-0.4, -0.2) is 25.2 Å². The van der Waals surface area contributed by atoms with Crippen LogP contribution >= 0.6 is 0 Å². The average Bonchev–Trinajstić information content (AvgIpc) is 2.46. The van der Waals surface area contributed by atoms with Crippen molar-refractivity contribution in [2.45, 2.75) is 57.3 Å². The molecule has 1 aromatic carbocycles. The topological polar surface area (TPSA) is 71.4 Å². The van der Waals surface area contributed by atoms with Crippen molar-refractivity contribution in [3.63, 3.8) is 0 Å². The van der Waals surface area contributed by atoms with Crippen molar-refractivity contribution in [2.24, 2.45) is 0 Å². The van der Waals surface area contributed by atoms with Crippen LogP contribution in [-0.2, 0) is 16.3 Å². The van der Waals surface area contributed by atoms with E-state index in [1.165, 1.54) is 12.1 Å². The summed E-state index contributed by atoms with van der Waals surface area (Å²) < 4.78 is 24.9. The summed E-state index contributed by atoms with van der Waals surface area (Å²) >= 11 is 0. The summed E-state index contributed by atoms with van der Waals surface area (Å²) in [4.78, 5) is 11.2. The highest BCUT2D eigenvalue weighted by Crippen LogP contribution is 2.21. The SMILES string of the molecule is CCCCCCCS(=O)(=O)c1cc(C(=O)O)ccc1CC. The first-order valence-corrected chi connectivity index (χ1v) is 9.16. The molecule has 0 fully saturated rings. The van der Waals surface area contributed by atoms with E-state index in [0.29, 0.717) is 18.4 Å². The van der Waals surface area contributed by atoms with Crippen molar-refractivity contribution in [1.82, 2.24) is 0 Å². The first-order chi connectivity index (χ1) is 9.92. The zero-order valence-electron chi connectivity index (χ0n) is 12.8. The smallest absolute Gasteiger partial charge is 0.335 e. The summed E-state index contributed by atoms with van der Waals surface area (Å²) in [6.45, 7) is 3.98. The number of sulfone groups is 1. The first-order valence-electron chi connectivity index (χ1n) is 7.51. The van der Waals surface area contributed by atoms with Crippen molar-refractivity contribution in [1.29, 1.82) is 0 Å². The van der Waals surface area contributed by atoms with Crippen molar-refractivity contribution in [3.05, 3.63) is 29.3 Å². The third kappa shape index (κ3) is 5.16. The number of carbonyl (C=O) groups is 1. The Kier molecular flexibility index (Phi) is 6.89. The van der Waals surface area contributed by atoms with Gasteiger partial charge in [0.1, 0.15) is 0 Å². The molecule has 0 saturated carbocycles. The predicted octanol–water partition coefficient (Wildman–Crippen LogP) is 3.69. The fourth-order valence-electron chi connectivity index (χ4n) is 2.27. The lowest BCUT2D eigenvalue weighted by molar-refractivity contribution is 0.0696. The van der Waals surface area contributed by atoms with Gasteiger partial charge in [-0.1, -0.05) is 45.6 Å². The highest BCUT2D eigenvalue weighted by atomic mass is 32.2. The number of aryl methyl sites for hydroxylation is 1. The van der Waals surface area contributed by atoms with Crippen LogP contribution in [0.15, 0.2) is 23.1 Å². The third-order valence-electron chi connectivity index (χ3n) is 3.55. The van der Waals surface area contributed by atoms with Gasteiger partial charge in [-0.3, -0.25) is 0 Å². The zero-order chi connectivity index (χ0) is 15.9. The van der Waals surface area contributed by atoms with Gasteiger partial charge >= 0.3 is 5.97 Å². The van der Waals surface area contributed by atoms with Gasteiger partial charge in [0.2, 0.25) is 0 Å². The minimum Gasteiger partial charge on any atom is -0.478 e. The molecule has 0 radical (unpaired) electrons. The van der Waals surface area contributed by atoms with E-state index in [-0.39, 0.29) is 16.2 Å². The van der Waals surface area contributed by atoms with Crippen LogP contribution < -0.4 is 0 Å². The molecule has 4 nitrogen and oxygen atoms in total. The zero-order valence-corrected chi connectivity index (χ0v) is 13.6. The molecule has 0 saturated heterocycles. The summed E-state index contributed by atoms with van der Waals surface area (Å²) in [5.41, 5.74) is 0.713. The molecule has 0 aromatic heterocycles. The van der Waals surface area contributed by atoms with Gasteiger partial charge in [-0.2, -0.15) is 0 Å². The second-order valence-electron chi connectivity index (χ2n) is 5.21. The van der Waals surface area contributed by atoms with Gasteiger partial charge in [-0.15, -0.1) is 0 Å². The van der Waals surface area contributed by atoms with E-state index in [1.54, 1.807) is 6.07 Å². The van der Waals surface area contributed by atoms with Gasteiger partial charge in [-0.05, 0) is 30.5 Å². The Morgan fingerprint density at radius 2 is 1.76 bits per heavy atom. The van der Waals surface area contributed by atoms with Crippen molar-refractivity contribution >= 4 is 15.8 Å². The standard InChI is InChI=1S/C16H24O4S/c1-3-5-6-7-8-11-21(19,20)15-12-14(16(17)18)10-9-13(15)4-2/h9-10,12H,3-8,11H2,1-2H3,(H,17,18). The molecule has 0 spiro atoms. The molecular weight excluding hydrogens is 288 g/mol. The number of hydrogen-bond donors (Lipinski definition) is 1. The Hall–Kier alpha value is -1.36. The minimum absolute atomic E-state index is 0.0248.